The Morgan fingerprint density at radius 3 is 2.75 bits per heavy atom. The molecule has 2 heterocycles. The Balaban J connectivity index is 1.67. The fourth-order valence-corrected chi connectivity index (χ4v) is 7.04. The van der Waals surface area contributed by atoms with Gasteiger partial charge in [0, 0.05) is 23.4 Å². The quantitative estimate of drug-likeness (QED) is 0.695. The zero-order valence-corrected chi connectivity index (χ0v) is 19.1. The molecule has 1 saturated heterocycles. The van der Waals surface area contributed by atoms with Crippen molar-refractivity contribution in [1.29, 1.82) is 0 Å². The molecule has 5 rings (SSSR count). The molecule has 2 fully saturated rings. The number of rotatable bonds is 2. The zero-order valence-electron chi connectivity index (χ0n) is 18.1. The molecule has 0 amide bonds. The highest BCUT2D eigenvalue weighted by molar-refractivity contribution is 6.74. The molecule has 28 heavy (non-hydrogen) atoms. The molecule has 4 atom stereocenters. The van der Waals surface area contributed by atoms with E-state index in [1.165, 1.54) is 11.1 Å². The SMILES string of the molecule is CN1CC[C@]23c4c5ccc(O[Si](C)(C)C(C)(C)C)c4O[C@H]2C(=O)CC[C@H]3[C@H]1C5. The van der Waals surface area contributed by atoms with Crippen LogP contribution in [0.5, 0.6) is 11.5 Å². The van der Waals surface area contributed by atoms with Crippen LogP contribution in [-0.4, -0.2) is 44.7 Å². The van der Waals surface area contributed by atoms with Crippen molar-refractivity contribution >= 4 is 14.1 Å². The van der Waals surface area contributed by atoms with E-state index < -0.39 is 8.32 Å². The van der Waals surface area contributed by atoms with E-state index in [2.05, 4.69) is 57.9 Å². The molecule has 5 heteroatoms. The lowest BCUT2D eigenvalue weighted by Crippen LogP contribution is -2.65. The minimum Gasteiger partial charge on any atom is -0.541 e. The molecule has 1 aromatic rings. The Kier molecular flexibility index (Phi) is 3.76. The van der Waals surface area contributed by atoms with Crippen LogP contribution in [0.4, 0.5) is 0 Å². The van der Waals surface area contributed by atoms with Crippen molar-refractivity contribution in [3.63, 3.8) is 0 Å². The summed E-state index contributed by atoms with van der Waals surface area (Å²) in [6.07, 6.45) is 3.43. The fraction of sp³-hybridized carbons (Fsp3) is 0.696. The molecule has 0 unspecified atom stereocenters. The number of Topliss-reactive ketones (excluding diaryl/α,β-unsaturated/α-hetero) is 1. The number of ketones is 1. The summed E-state index contributed by atoms with van der Waals surface area (Å²) in [7, 11) is 0.261. The first-order valence-corrected chi connectivity index (χ1v) is 13.7. The molecular formula is C23H33NO3Si. The molecule has 1 spiro atoms. The van der Waals surface area contributed by atoms with Crippen molar-refractivity contribution in [2.24, 2.45) is 5.92 Å². The summed E-state index contributed by atoms with van der Waals surface area (Å²) in [5.74, 6) is 2.58. The van der Waals surface area contributed by atoms with Gasteiger partial charge in [0.15, 0.2) is 17.6 Å². The summed E-state index contributed by atoms with van der Waals surface area (Å²) in [5, 5.41) is 0.121. The highest BCUT2D eigenvalue weighted by atomic mass is 28.4. The van der Waals surface area contributed by atoms with Crippen LogP contribution < -0.4 is 9.16 Å². The zero-order chi connectivity index (χ0) is 20.1. The predicted molar refractivity (Wildman–Crippen MR) is 113 cm³/mol. The van der Waals surface area contributed by atoms with Crippen molar-refractivity contribution in [3.05, 3.63) is 23.3 Å². The van der Waals surface area contributed by atoms with Gasteiger partial charge in [0.05, 0.1) is 0 Å². The van der Waals surface area contributed by atoms with Gasteiger partial charge in [0.25, 0.3) is 8.32 Å². The molecule has 4 aliphatic rings. The molecule has 152 valence electrons. The predicted octanol–water partition coefficient (Wildman–Crippen LogP) is 4.31. The second-order valence-corrected chi connectivity index (χ2v) is 15.7. The van der Waals surface area contributed by atoms with E-state index in [1.54, 1.807) is 0 Å². The number of carbonyl (C=O) groups excluding carboxylic acids is 1. The summed E-state index contributed by atoms with van der Waals surface area (Å²) in [6.45, 7) is 12.4. The van der Waals surface area contributed by atoms with Crippen LogP contribution in [0.3, 0.4) is 0 Å². The number of ether oxygens (including phenoxy) is 1. The fourth-order valence-electron chi connectivity index (χ4n) is 6.02. The maximum absolute atomic E-state index is 13.0. The largest absolute Gasteiger partial charge is 0.541 e. The maximum atomic E-state index is 13.0. The van der Waals surface area contributed by atoms with Crippen molar-refractivity contribution in [1.82, 2.24) is 4.90 Å². The van der Waals surface area contributed by atoms with E-state index in [-0.39, 0.29) is 16.6 Å². The van der Waals surface area contributed by atoms with Crippen molar-refractivity contribution in [2.45, 2.75) is 82.1 Å². The van der Waals surface area contributed by atoms with E-state index in [9.17, 15) is 4.79 Å². The highest BCUT2D eigenvalue weighted by Crippen LogP contribution is 2.63. The lowest BCUT2D eigenvalue weighted by atomic mass is 9.52. The molecule has 2 bridgehead atoms. The van der Waals surface area contributed by atoms with Crippen molar-refractivity contribution in [3.8, 4) is 11.5 Å². The molecule has 2 aliphatic carbocycles. The van der Waals surface area contributed by atoms with Crippen LogP contribution in [0.1, 0.15) is 51.2 Å². The number of likely N-dealkylation sites (tertiary alicyclic amines) is 1. The first kappa shape index (κ1) is 18.7. The normalized spacial score (nSPS) is 34.1. The third-order valence-electron chi connectivity index (χ3n) is 8.54. The second kappa shape index (κ2) is 5.63. The van der Waals surface area contributed by atoms with Crippen LogP contribution in [0.25, 0.3) is 0 Å². The number of carbonyl (C=O) groups is 1. The Morgan fingerprint density at radius 2 is 2.04 bits per heavy atom. The number of nitrogens with zero attached hydrogens (tertiary/aromatic N) is 1. The van der Waals surface area contributed by atoms with E-state index in [0.29, 0.717) is 24.2 Å². The Labute approximate surface area is 169 Å². The average molecular weight is 400 g/mol. The number of piperidine rings is 1. The molecule has 0 radical (unpaired) electrons. The van der Waals surface area contributed by atoms with Gasteiger partial charge < -0.3 is 14.1 Å². The molecule has 0 aromatic heterocycles. The van der Waals surface area contributed by atoms with Crippen LogP contribution >= 0.6 is 0 Å². The lowest BCUT2D eigenvalue weighted by molar-refractivity contribution is -0.138. The van der Waals surface area contributed by atoms with Gasteiger partial charge in [0.1, 0.15) is 5.75 Å². The molecule has 1 aromatic carbocycles. The van der Waals surface area contributed by atoms with Gasteiger partial charge in [-0.3, -0.25) is 4.79 Å². The monoisotopic (exact) mass is 399 g/mol. The topological polar surface area (TPSA) is 38.8 Å². The van der Waals surface area contributed by atoms with Crippen LogP contribution in [0.15, 0.2) is 12.1 Å². The highest BCUT2D eigenvalue weighted by Gasteiger charge is 2.65. The Morgan fingerprint density at radius 1 is 1.29 bits per heavy atom. The summed E-state index contributed by atoms with van der Waals surface area (Å²) in [4.78, 5) is 15.5. The summed E-state index contributed by atoms with van der Waals surface area (Å²) in [5.41, 5.74) is 2.58. The van der Waals surface area contributed by atoms with E-state index >= 15 is 0 Å². The summed E-state index contributed by atoms with van der Waals surface area (Å²) < 4.78 is 13.3. The standard InChI is InChI=1S/C23H33NO3Si/c1-22(2,3)28(5,6)27-18-10-7-14-13-16-15-8-9-17(25)21-23(15,11-12-24(16)4)19(14)20(18)26-21/h7,10,15-16,21H,8-9,11-13H2,1-6H3/t15-,16+,21-,23-/m0/s1. The van der Waals surface area contributed by atoms with E-state index in [0.717, 1.165) is 37.3 Å². The molecule has 2 aliphatic heterocycles. The van der Waals surface area contributed by atoms with Gasteiger partial charge in [0.2, 0.25) is 0 Å². The summed E-state index contributed by atoms with van der Waals surface area (Å²) >= 11 is 0. The number of hydrogen-bond donors (Lipinski definition) is 0. The Bertz CT molecular complexity index is 858. The van der Waals surface area contributed by atoms with Crippen molar-refractivity contribution < 1.29 is 14.0 Å². The first-order chi connectivity index (χ1) is 13.1. The van der Waals surface area contributed by atoms with Gasteiger partial charge in [-0.15, -0.1) is 0 Å². The minimum atomic E-state index is -1.99. The summed E-state index contributed by atoms with van der Waals surface area (Å²) in [6, 6.07) is 4.90. The third kappa shape index (κ3) is 2.23. The first-order valence-electron chi connectivity index (χ1n) is 10.8. The van der Waals surface area contributed by atoms with Crippen LogP contribution in [-0.2, 0) is 16.6 Å². The second-order valence-electron chi connectivity index (χ2n) is 10.9. The van der Waals surface area contributed by atoms with E-state index in [4.69, 9.17) is 9.16 Å². The minimum absolute atomic E-state index is 0.121. The van der Waals surface area contributed by atoms with Crippen molar-refractivity contribution in [2.75, 3.05) is 13.6 Å². The van der Waals surface area contributed by atoms with Gasteiger partial charge in [-0.05, 0) is 68.5 Å². The average Bonchev–Trinajstić information content (AvgIpc) is 2.96. The lowest BCUT2D eigenvalue weighted by Gasteiger charge is -2.57. The molecule has 4 nitrogen and oxygen atoms in total. The third-order valence-corrected chi connectivity index (χ3v) is 12.9. The van der Waals surface area contributed by atoms with Crippen LogP contribution in [0.2, 0.25) is 18.1 Å². The van der Waals surface area contributed by atoms with Gasteiger partial charge in [-0.2, -0.15) is 0 Å². The van der Waals surface area contributed by atoms with Gasteiger partial charge in [-0.25, -0.2) is 0 Å². The number of hydrogen-bond acceptors (Lipinski definition) is 4. The number of benzene rings is 1. The molecule has 0 N–H and O–H groups in total. The smallest absolute Gasteiger partial charge is 0.250 e. The van der Waals surface area contributed by atoms with Gasteiger partial charge >= 0.3 is 0 Å². The number of likely N-dealkylation sites (N-methyl/N-ethyl adjacent to an activating group) is 1. The van der Waals surface area contributed by atoms with Gasteiger partial charge in [-0.1, -0.05) is 26.8 Å². The maximum Gasteiger partial charge on any atom is 0.250 e. The molecular weight excluding hydrogens is 366 g/mol. The van der Waals surface area contributed by atoms with Crippen LogP contribution in [0, 0.1) is 5.92 Å². The van der Waals surface area contributed by atoms with E-state index in [1.807, 2.05) is 0 Å². The molecule has 1 saturated carbocycles. The Hall–Kier alpha value is -1.33.